The molecule has 1 atom stereocenters. The number of nitrogens with one attached hydrogen (secondary N) is 1. The molecule has 0 aliphatic carbocycles. The molecule has 1 aliphatic heterocycles. The van der Waals surface area contributed by atoms with Gasteiger partial charge < -0.3 is 10.0 Å². The number of hydrogen-bond donors (Lipinski definition) is 2. The number of carboxylic acids is 1. The summed E-state index contributed by atoms with van der Waals surface area (Å²) in [7, 11) is 0. The smallest absolute Gasteiger partial charge is 0.327 e. The number of amides is 2. The number of carbonyl (C=O) groups is 2. The first-order valence-corrected chi connectivity index (χ1v) is 6.69. The first kappa shape index (κ1) is 12.7. The Balaban J connectivity index is 2.01. The Labute approximate surface area is 108 Å². The Morgan fingerprint density at radius 3 is 3.06 bits per heavy atom. The van der Waals surface area contributed by atoms with Crippen LogP contribution in [0, 0.1) is 0 Å². The minimum Gasteiger partial charge on any atom is -0.480 e. The zero-order valence-corrected chi connectivity index (χ0v) is 10.7. The molecule has 98 valence electrons. The van der Waals surface area contributed by atoms with Crippen molar-refractivity contribution in [1.82, 2.24) is 14.7 Å². The molecule has 1 aliphatic rings. The number of anilines is 1. The zero-order chi connectivity index (χ0) is 13.1. The van der Waals surface area contributed by atoms with Crippen molar-refractivity contribution in [2.75, 3.05) is 16.9 Å². The first-order valence-electron chi connectivity index (χ1n) is 5.53. The Morgan fingerprint density at radius 1 is 1.67 bits per heavy atom. The number of thioether (sulfide) groups is 1. The van der Waals surface area contributed by atoms with Crippen molar-refractivity contribution in [1.29, 1.82) is 0 Å². The summed E-state index contributed by atoms with van der Waals surface area (Å²) in [6.45, 7) is 2.66. The summed E-state index contributed by atoms with van der Waals surface area (Å²) in [5.41, 5.74) is 0. The Kier molecular flexibility index (Phi) is 3.75. The van der Waals surface area contributed by atoms with Crippen LogP contribution >= 0.6 is 11.8 Å². The lowest BCUT2D eigenvalue weighted by Gasteiger charge is -2.20. The van der Waals surface area contributed by atoms with E-state index >= 15 is 0 Å². The van der Waals surface area contributed by atoms with Crippen LogP contribution in [0.15, 0.2) is 12.3 Å². The van der Waals surface area contributed by atoms with Crippen LogP contribution in [-0.4, -0.2) is 49.5 Å². The highest BCUT2D eigenvalue weighted by Crippen LogP contribution is 2.21. The van der Waals surface area contributed by atoms with Gasteiger partial charge in [-0.15, -0.1) is 11.8 Å². The predicted molar refractivity (Wildman–Crippen MR) is 67.5 cm³/mol. The summed E-state index contributed by atoms with van der Waals surface area (Å²) < 4.78 is 1.68. The lowest BCUT2D eigenvalue weighted by atomic mass is 10.3. The maximum Gasteiger partial charge on any atom is 0.327 e. The summed E-state index contributed by atoms with van der Waals surface area (Å²) in [6.07, 6.45) is 1.75. The van der Waals surface area contributed by atoms with E-state index in [1.165, 1.54) is 16.7 Å². The topological polar surface area (TPSA) is 87.5 Å². The molecule has 0 spiro atoms. The third kappa shape index (κ3) is 2.58. The van der Waals surface area contributed by atoms with E-state index in [1.807, 2.05) is 6.92 Å². The van der Waals surface area contributed by atoms with Gasteiger partial charge in [0.15, 0.2) is 5.82 Å². The number of hydrogen-bond acceptors (Lipinski definition) is 4. The van der Waals surface area contributed by atoms with Crippen molar-refractivity contribution in [2.45, 2.75) is 19.5 Å². The number of nitrogens with zero attached hydrogens (tertiary/aromatic N) is 3. The van der Waals surface area contributed by atoms with Crippen molar-refractivity contribution >= 4 is 29.6 Å². The SMILES string of the molecule is CCn1ccc(NC(=O)N2CSC[C@H]2C(=O)O)n1. The molecule has 0 unspecified atom stereocenters. The summed E-state index contributed by atoms with van der Waals surface area (Å²) in [5, 5.41) is 15.7. The second-order valence-corrected chi connectivity index (χ2v) is 4.81. The van der Waals surface area contributed by atoms with Crippen LogP contribution in [0.4, 0.5) is 10.6 Å². The fraction of sp³-hybridized carbons (Fsp3) is 0.500. The zero-order valence-electron chi connectivity index (χ0n) is 9.87. The van der Waals surface area contributed by atoms with Crippen LogP contribution in [0.2, 0.25) is 0 Å². The molecular weight excluding hydrogens is 256 g/mol. The van der Waals surface area contributed by atoms with Gasteiger partial charge in [0.25, 0.3) is 0 Å². The summed E-state index contributed by atoms with van der Waals surface area (Å²) in [5.74, 6) is 0.265. The molecule has 1 saturated heterocycles. The van der Waals surface area contributed by atoms with Gasteiger partial charge in [0.2, 0.25) is 0 Å². The number of aliphatic carboxylic acids is 1. The van der Waals surface area contributed by atoms with Crippen LogP contribution in [0.5, 0.6) is 0 Å². The molecule has 2 heterocycles. The largest absolute Gasteiger partial charge is 0.480 e. The van der Waals surface area contributed by atoms with E-state index < -0.39 is 18.0 Å². The number of carbonyl (C=O) groups excluding carboxylic acids is 1. The third-order valence-electron chi connectivity index (χ3n) is 2.63. The number of rotatable bonds is 3. The number of carboxylic acid groups (broad SMARTS) is 1. The third-order valence-corrected chi connectivity index (χ3v) is 3.64. The van der Waals surface area contributed by atoms with Gasteiger partial charge in [0.1, 0.15) is 6.04 Å². The lowest BCUT2D eigenvalue weighted by molar-refractivity contribution is -0.140. The number of urea groups is 1. The van der Waals surface area contributed by atoms with E-state index in [0.29, 0.717) is 24.0 Å². The maximum atomic E-state index is 11.9. The average molecular weight is 270 g/mol. The molecule has 2 rings (SSSR count). The van der Waals surface area contributed by atoms with Crippen molar-refractivity contribution in [3.8, 4) is 0 Å². The van der Waals surface area contributed by atoms with Crippen LogP contribution in [0.25, 0.3) is 0 Å². The van der Waals surface area contributed by atoms with Crippen LogP contribution in [0.3, 0.4) is 0 Å². The molecule has 0 aromatic carbocycles. The summed E-state index contributed by atoms with van der Waals surface area (Å²) >= 11 is 1.43. The highest BCUT2D eigenvalue weighted by Gasteiger charge is 2.34. The van der Waals surface area contributed by atoms with Gasteiger partial charge in [0.05, 0.1) is 5.88 Å². The summed E-state index contributed by atoms with van der Waals surface area (Å²) in [6, 6.07) is 0.498. The normalized spacial score (nSPS) is 18.9. The number of aryl methyl sites for hydroxylation is 1. The van der Waals surface area contributed by atoms with E-state index in [-0.39, 0.29) is 0 Å². The Morgan fingerprint density at radius 2 is 2.44 bits per heavy atom. The van der Waals surface area contributed by atoms with E-state index in [0.717, 1.165) is 0 Å². The Bertz CT molecular complexity index is 462. The van der Waals surface area contributed by atoms with Crippen LogP contribution in [-0.2, 0) is 11.3 Å². The highest BCUT2D eigenvalue weighted by molar-refractivity contribution is 7.99. The summed E-state index contributed by atoms with van der Waals surface area (Å²) in [4.78, 5) is 24.2. The molecule has 8 heteroatoms. The molecular formula is C10H14N4O3S. The van der Waals surface area contributed by atoms with E-state index in [9.17, 15) is 9.59 Å². The van der Waals surface area contributed by atoms with Gasteiger partial charge in [-0.05, 0) is 6.92 Å². The van der Waals surface area contributed by atoms with Gasteiger partial charge in [-0.25, -0.2) is 9.59 Å². The van der Waals surface area contributed by atoms with Gasteiger partial charge in [-0.1, -0.05) is 0 Å². The fourth-order valence-corrected chi connectivity index (χ4v) is 2.78. The van der Waals surface area contributed by atoms with Crippen molar-refractivity contribution in [3.05, 3.63) is 12.3 Å². The van der Waals surface area contributed by atoms with Crippen LogP contribution < -0.4 is 5.32 Å². The molecule has 2 amide bonds. The predicted octanol–water partition coefficient (Wildman–Crippen LogP) is 0.894. The molecule has 0 bridgehead atoms. The molecule has 0 radical (unpaired) electrons. The van der Waals surface area contributed by atoms with Gasteiger partial charge in [0, 0.05) is 24.6 Å². The maximum absolute atomic E-state index is 11.9. The first-order chi connectivity index (χ1) is 8.61. The highest BCUT2D eigenvalue weighted by atomic mass is 32.2. The fourth-order valence-electron chi connectivity index (χ4n) is 1.63. The minimum atomic E-state index is -0.978. The van der Waals surface area contributed by atoms with Gasteiger partial charge in [-0.2, -0.15) is 5.10 Å². The molecule has 0 saturated carbocycles. The van der Waals surface area contributed by atoms with E-state index in [1.54, 1.807) is 16.9 Å². The quantitative estimate of drug-likeness (QED) is 0.852. The van der Waals surface area contributed by atoms with Crippen LogP contribution in [0.1, 0.15) is 6.92 Å². The minimum absolute atomic E-state index is 0.386. The second-order valence-electron chi connectivity index (χ2n) is 3.81. The average Bonchev–Trinajstić information content (AvgIpc) is 2.96. The molecule has 1 fully saturated rings. The monoisotopic (exact) mass is 270 g/mol. The molecule has 1 aromatic rings. The van der Waals surface area contributed by atoms with Gasteiger partial charge >= 0.3 is 12.0 Å². The Hall–Kier alpha value is -1.70. The molecule has 1 aromatic heterocycles. The molecule has 18 heavy (non-hydrogen) atoms. The number of aromatic nitrogens is 2. The van der Waals surface area contributed by atoms with Gasteiger partial charge in [-0.3, -0.25) is 10.00 Å². The van der Waals surface area contributed by atoms with Crippen molar-refractivity contribution in [3.63, 3.8) is 0 Å². The standard InChI is InChI=1S/C10H14N4O3S/c1-2-13-4-3-8(12-13)11-10(17)14-6-18-5-7(14)9(15)16/h3-4,7H,2,5-6H2,1H3,(H,15,16)(H,11,12,17)/t7-/m0/s1. The van der Waals surface area contributed by atoms with E-state index in [2.05, 4.69) is 10.4 Å². The van der Waals surface area contributed by atoms with Crippen molar-refractivity contribution < 1.29 is 14.7 Å². The molecule has 7 nitrogen and oxygen atoms in total. The second kappa shape index (κ2) is 5.30. The lowest BCUT2D eigenvalue weighted by Crippen LogP contribution is -2.44. The van der Waals surface area contributed by atoms with Crippen molar-refractivity contribution in [2.24, 2.45) is 0 Å². The molecule has 2 N–H and O–H groups in total. The van der Waals surface area contributed by atoms with E-state index in [4.69, 9.17) is 5.11 Å².